The van der Waals surface area contributed by atoms with Crippen LogP contribution in [0.1, 0.15) is 43.2 Å². The van der Waals surface area contributed by atoms with E-state index in [4.69, 9.17) is 16.3 Å². The molecule has 4 aliphatic rings. The maximum atomic E-state index is 6.29. The van der Waals surface area contributed by atoms with Crippen molar-refractivity contribution in [1.82, 2.24) is 5.32 Å². The van der Waals surface area contributed by atoms with Crippen LogP contribution < -0.4 is 10.1 Å². The van der Waals surface area contributed by atoms with Crippen molar-refractivity contribution in [3.63, 3.8) is 0 Å². The topological polar surface area (TPSA) is 21.3 Å². The van der Waals surface area contributed by atoms with Gasteiger partial charge in [-0.05, 0) is 80.0 Å². The van der Waals surface area contributed by atoms with E-state index in [1.807, 2.05) is 30.3 Å². The smallest absolute Gasteiger partial charge is 0.124 e. The van der Waals surface area contributed by atoms with Crippen LogP contribution in [0.2, 0.25) is 5.02 Å². The maximum absolute atomic E-state index is 6.29. The molecule has 0 aliphatic heterocycles. The Hall–Kier alpha value is -1.03. The summed E-state index contributed by atoms with van der Waals surface area (Å²) in [6.45, 7) is 1.36. The first-order valence-electron chi connectivity index (χ1n) is 10.5. The van der Waals surface area contributed by atoms with E-state index in [1.165, 1.54) is 37.7 Å². The predicted octanol–water partition coefficient (Wildman–Crippen LogP) is 6.60. The number of ether oxygens (including phenoxy) is 1. The van der Waals surface area contributed by atoms with Gasteiger partial charge in [-0.3, -0.25) is 0 Å². The van der Waals surface area contributed by atoms with E-state index in [9.17, 15) is 0 Å². The van der Waals surface area contributed by atoms with E-state index in [2.05, 4.69) is 33.4 Å². The Kier molecular flexibility index (Phi) is 5.42. The number of nitrogens with one attached hydrogen (secondary N) is 1. The zero-order chi connectivity index (χ0) is 19.1. The Bertz CT molecular complexity index is 826. The van der Waals surface area contributed by atoms with Crippen LogP contribution in [0.4, 0.5) is 0 Å². The van der Waals surface area contributed by atoms with Gasteiger partial charge < -0.3 is 10.1 Å². The van der Waals surface area contributed by atoms with Crippen LogP contribution in [0.25, 0.3) is 0 Å². The third kappa shape index (κ3) is 3.86. The van der Waals surface area contributed by atoms with Crippen LogP contribution >= 0.6 is 27.5 Å². The molecule has 4 fully saturated rings. The summed E-state index contributed by atoms with van der Waals surface area (Å²) >= 11 is 9.92. The Labute approximate surface area is 181 Å². The second-order valence-corrected chi connectivity index (χ2v) is 10.3. The molecule has 4 aliphatic carbocycles. The summed E-state index contributed by atoms with van der Waals surface area (Å²) in [5.74, 6) is 4.74. The van der Waals surface area contributed by atoms with Crippen LogP contribution in [-0.2, 0) is 13.2 Å². The normalized spacial score (nSPS) is 30.6. The highest BCUT2D eigenvalue weighted by Gasteiger charge is 2.47. The highest BCUT2D eigenvalue weighted by Crippen LogP contribution is 2.53. The fourth-order valence-electron chi connectivity index (χ4n) is 6.08. The second-order valence-electron chi connectivity index (χ2n) is 8.97. The molecule has 0 aromatic heterocycles. The predicted molar refractivity (Wildman–Crippen MR) is 118 cm³/mol. The summed E-state index contributed by atoms with van der Waals surface area (Å²) in [7, 11) is 0. The summed E-state index contributed by atoms with van der Waals surface area (Å²) in [5.41, 5.74) is 2.24. The quantitative estimate of drug-likeness (QED) is 0.524. The zero-order valence-corrected chi connectivity index (χ0v) is 18.4. The second kappa shape index (κ2) is 8.01. The highest BCUT2D eigenvalue weighted by molar-refractivity contribution is 9.10. The number of hydrogen-bond donors (Lipinski definition) is 1. The third-order valence-electron chi connectivity index (χ3n) is 7.12. The van der Waals surface area contributed by atoms with Gasteiger partial charge in [0.15, 0.2) is 0 Å². The molecule has 2 aromatic rings. The number of rotatable bonds is 6. The average molecular weight is 461 g/mol. The fourth-order valence-corrected chi connectivity index (χ4v) is 6.68. The van der Waals surface area contributed by atoms with Crippen LogP contribution in [-0.4, -0.2) is 6.04 Å². The SMILES string of the molecule is Clc1ccccc1COc1ccc(Br)cc1CNC1C2CC3CC(C2)CC1C3. The van der Waals surface area contributed by atoms with Crippen molar-refractivity contribution in [2.24, 2.45) is 23.7 Å². The summed E-state index contributed by atoms with van der Waals surface area (Å²) in [6, 6.07) is 14.9. The summed E-state index contributed by atoms with van der Waals surface area (Å²) < 4.78 is 7.27. The zero-order valence-electron chi connectivity index (χ0n) is 16.0. The summed E-state index contributed by atoms with van der Waals surface area (Å²) in [4.78, 5) is 0. The first-order chi connectivity index (χ1) is 13.7. The van der Waals surface area contributed by atoms with E-state index < -0.39 is 0 Å². The molecule has 0 atom stereocenters. The van der Waals surface area contributed by atoms with E-state index in [0.717, 1.165) is 51.0 Å². The molecule has 0 saturated heterocycles. The van der Waals surface area contributed by atoms with E-state index in [1.54, 1.807) is 0 Å². The Morgan fingerprint density at radius 1 is 0.929 bits per heavy atom. The van der Waals surface area contributed by atoms with Crippen LogP contribution in [0.5, 0.6) is 5.75 Å². The van der Waals surface area contributed by atoms with Gasteiger partial charge >= 0.3 is 0 Å². The standard InChI is InChI=1S/C24H27BrClNO/c25-21-5-6-23(28-14-17-3-1-2-4-22(17)26)20(12-21)13-27-24-18-8-15-7-16(10-18)11-19(24)9-15/h1-6,12,15-16,18-19,24,27H,7-11,13-14H2. The van der Waals surface area contributed by atoms with Gasteiger partial charge in [-0.25, -0.2) is 0 Å². The Balaban J connectivity index is 1.27. The van der Waals surface area contributed by atoms with Crippen LogP contribution in [0.3, 0.4) is 0 Å². The molecule has 2 aromatic carbocycles. The molecule has 4 saturated carbocycles. The molecule has 1 N–H and O–H groups in total. The van der Waals surface area contributed by atoms with E-state index >= 15 is 0 Å². The molecule has 0 radical (unpaired) electrons. The molecule has 2 nitrogen and oxygen atoms in total. The van der Waals surface area contributed by atoms with Gasteiger partial charge in [0.2, 0.25) is 0 Å². The minimum Gasteiger partial charge on any atom is -0.489 e. The molecule has 6 rings (SSSR count). The van der Waals surface area contributed by atoms with Crippen molar-refractivity contribution in [2.45, 2.75) is 51.3 Å². The van der Waals surface area contributed by atoms with Crippen LogP contribution in [0.15, 0.2) is 46.9 Å². The lowest BCUT2D eigenvalue weighted by atomic mass is 9.54. The Morgan fingerprint density at radius 2 is 1.64 bits per heavy atom. The summed E-state index contributed by atoms with van der Waals surface area (Å²) in [5, 5.41) is 4.69. The van der Waals surface area contributed by atoms with Gasteiger partial charge in [-0.2, -0.15) is 0 Å². The highest BCUT2D eigenvalue weighted by atomic mass is 79.9. The fraction of sp³-hybridized carbons (Fsp3) is 0.500. The Morgan fingerprint density at radius 3 is 2.36 bits per heavy atom. The lowest BCUT2D eigenvalue weighted by Gasteiger charge is -2.54. The molecule has 28 heavy (non-hydrogen) atoms. The lowest BCUT2D eigenvalue weighted by Crippen LogP contribution is -2.54. The molecule has 0 unspecified atom stereocenters. The monoisotopic (exact) mass is 459 g/mol. The first kappa shape index (κ1) is 19.0. The van der Waals surface area contributed by atoms with Gasteiger partial charge in [-0.1, -0.05) is 45.7 Å². The molecule has 0 heterocycles. The summed E-state index contributed by atoms with van der Waals surface area (Å²) in [6.07, 6.45) is 7.28. The van der Waals surface area contributed by atoms with Gasteiger partial charge in [-0.15, -0.1) is 0 Å². The third-order valence-corrected chi connectivity index (χ3v) is 7.98. The van der Waals surface area contributed by atoms with Crippen molar-refractivity contribution in [1.29, 1.82) is 0 Å². The molecular formula is C24H27BrClNO. The van der Waals surface area contributed by atoms with E-state index in [-0.39, 0.29) is 0 Å². The molecular weight excluding hydrogens is 434 g/mol. The number of benzene rings is 2. The van der Waals surface area contributed by atoms with Gasteiger partial charge in [0.25, 0.3) is 0 Å². The van der Waals surface area contributed by atoms with E-state index in [0.29, 0.717) is 12.6 Å². The first-order valence-corrected chi connectivity index (χ1v) is 11.7. The minimum absolute atomic E-state index is 0.492. The maximum Gasteiger partial charge on any atom is 0.124 e. The van der Waals surface area contributed by atoms with Crippen LogP contribution in [0, 0.1) is 23.7 Å². The number of hydrogen-bond acceptors (Lipinski definition) is 2. The van der Waals surface area contributed by atoms with Gasteiger partial charge in [0.05, 0.1) is 0 Å². The lowest BCUT2D eigenvalue weighted by molar-refractivity contribution is -0.0143. The van der Waals surface area contributed by atoms with Crippen molar-refractivity contribution < 1.29 is 4.74 Å². The van der Waals surface area contributed by atoms with Gasteiger partial charge in [0.1, 0.15) is 12.4 Å². The molecule has 0 amide bonds. The van der Waals surface area contributed by atoms with Crippen molar-refractivity contribution in [3.8, 4) is 5.75 Å². The van der Waals surface area contributed by atoms with Gasteiger partial charge in [0, 0.05) is 33.2 Å². The molecule has 4 bridgehead atoms. The van der Waals surface area contributed by atoms with Crippen molar-refractivity contribution in [2.75, 3.05) is 0 Å². The largest absolute Gasteiger partial charge is 0.489 e. The van der Waals surface area contributed by atoms with Crippen molar-refractivity contribution >= 4 is 27.5 Å². The number of halogens is 2. The average Bonchev–Trinajstić information content (AvgIpc) is 2.67. The molecule has 0 spiro atoms. The minimum atomic E-state index is 0.492. The molecule has 148 valence electrons. The van der Waals surface area contributed by atoms with Crippen molar-refractivity contribution in [3.05, 3.63) is 63.1 Å². The molecule has 4 heteroatoms.